The van der Waals surface area contributed by atoms with Crippen LogP contribution in [0.15, 0.2) is 12.1 Å². The molecule has 1 aliphatic rings. The summed E-state index contributed by atoms with van der Waals surface area (Å²) in [6.07, 6.45) is 0.364. The standard InChI is InChI=1S/C10H9ClO3/c1-5-4-6-7(11)2-3-8(12)9(6)10(13)14-5/h2-3,5,12H,4H2,1H3/t5-/m1/s1. The first-order valence-corrected chi connectivity index (χ1v) is 4.68. The maximum atomic E-state index is 11.4. The van der Waals surface area contributed by atoms with Crippen LogP contribution < -0.4 is 0 Å². The van der Waals surface area contributed by atoms with Gasteiger partial charge in [0.1, 0.15) is 17.4 Å². The van der Waals surface area contributed by atoms with Crippen LogP contribution in [0.4, 0.5) is 0 Å². The number of ether oxygens (including phenoxy) is 1. The molecule has 3 nitrogen and oxygen atoms in total. The molecular weight excluding hydrogens is 204 g/mol. The van der Waals surface area contributed by atoms with E-state index in [-0.39, 0.29) is 17.4 Å². The minimum atomic E-state index is -0.501. The van der Waals surface area contributed by atoms with E-state index < -0.39 is 5.97 Å². The van der Waals surface area contributed by atoms with Gasteiger partial charge in [0.25, 0.3) is 0 Å². The summed E-state index contributed by atoms with van der Waals surface area (Å²) in [7, 11) is 0. The quantitative estimate of drug-likeness (QED) is 0.671. The summed E-state index contributed by atoms with van der Waals surface area (Å²) >= 11 is 5.93. The highest BCUT2D eigenvalue weighted by atomic mass is 35.5. The Bertz CT molecular complexity index is 401. The third kappa shape index (κ3) is 1.34. The zero-order valence-corrected chi connectivity index (χ0v) is 8.34. The van der Waals surface area contributed by atoms with Crippen molar-refractivity contribution in [1.29, 1.82) is 0 Å². The van der Waals surface area contributed by atoms with Gasteiger partial charge in [-0.3, -0.25) is 0 Å². The van der Waals surface area contributed by atoms with Crippen LogP contribution in [-0.2, 0) is 11.2 Å². The van der Waals surface area contributed by atoms with E-state index in [0.717, 1.165) is 0 Å². The van der Waals surface area contributed by atoms with Crippen molar-refractivity contribution in [2.24, 2.45) is 0 Å². The highest BCUT2D eigenvalue weighted by Gasteiger charge is 2.28. The number of hydrogen-bond acceptors (Lipinski definition) is 3. The molecule has 0 radical (unpaired) electrons. The van der Waals surface area contributed by atoms with Crippen molar-refractivity contribution in [3.63, 3.8) is 0 Å². The molecule has 4 heteroatoms. The minimum Gasteiger partial charge on any atom is -0.507 e. The van der Waals surface area contributed by atoms with Gasteiger partial charge in [0.2, 0.25) is 0 Å². The van der Waals surface area contributed by atoms with Gasteiger partial charge in [-0.15, -0.1) is 0 Å². The molecule has 0 saturated heterocycles. The Kier molecular flexibility index (Phi) is 2.11. The van der Waals surface area contributed by atoms with Crippen molar-refractivity contribution < 1.29 is 14.6 Å². The largest absolute Gasteiger partial charge is 0.507 e. The molecule has 1 heterocycles. The number of carbonyl (C=O) groups excluding carboxylic acids is 1. The molecule has 0 saturated carbocycles. The van der Waals surface area contributed by atoms with Gasteiger partial charge in [0, 0.05) is 11.4 Å². The Morgan fingerprint density at radius 1 is 1.57 bits per heavy atom. The molecule has 1 aliphatic heterocycles. The van der Waals surface area contributed by atoms with Gasteiger partial charge < -0.3 is 9.84 Å². The van der Waals surface area contributed by atoms with Crippen LogP contribution in [0.5, 0.6) is 5.75 Å². The number of hydrogen-bond donors (Lipinski definition) is 1. The predicted octanol–water partition coefficient (Wildman–Crippen LogP) is 2.15. The molecule has 1 aromatic carbocycles. The smallest absolute Gasteiger partial charge is 0.342 e. The van der Waals surface area contributed by atoms with Gasteiger partial charge >= 0.3 is 5.97 Å². The predicted molar refractivity (Wildman–Crippen MR) is 51.7 cm³/mol. The first-order valence-electron chi connectivity index (χ1n) is 4.31. The molecule has 0 amide bonds. The maximum Gasteiger partial charge on any atom is 0.342 e. The fourth-order valence-electron chi connectivity index (χ4n) is 1.61. The molecule has 1 atom stereocenters. The Labute approximate surface area is 86.3 Å². The average molecular weight is 213 g/mol. The van der Waals surface area contributed by atoms with Crippen molar-refractivity contribution in [2.45, 2.75) is 19.4 Å². The van der Waals surface area contributed by atoms with Crippen LogP contribution in [0.2, 0.25) is 5.02 Å². The lowest BCUT2D eigenvalue weighted by molar-refractivity contribution is 0.0297. The van der Waals surface area contributed by atoms with Crippen molar-refractivity contribution in [2.75, 3.05) is 0 Å². The van der Waals surface area contributed by atoms with Gasteiger partial charge in [-0.1, -0.05) is 11.6 Å². The third-order valence-corrected chi connectivity index (χ3v) is 2.59. The SMILES string of the molecule is C[C@@H]1Cc2c(Cl)ccc(O)c2C(=O)O1. The molecule has 1 aromatic rings. The summed E-state index contributed by atoms with van der Waals surface area (Å²) in [6, 6.07) is 2.99. The highest BCUT2D eigenvalue weighted by Crippen LogP contribution is 2.33. The number of carbonyl (C=O) groups is 1. The minimum absolute atomic E-state index is 0.0682. The van der Waals surface area contributed by atoms with Crippen LogP contribution in [0, 0.1) is 0 Å². The Hall–Kier alpha value is -1.22. The fraction of sp³-hybridized carbons (Fsp3) is 0.300. The Balaban J connectivity index is 2.63. The van der Waals surface area contributed by atoms with Gasteiger partial charge in [0.15, 0.2) is 0 Å². The Morgan fingerprint density at radius 3 is 3.00 bits per heavy atom. The number of aromatic hydroxyl groups is 1. The number of fused-ring (bicyclic) bond motifs is 1. The number of cyclic esters (lactones) is 1. The molecule has 14 heavy (non-hydrogen) atoms. The van der Waals surface area contributed by atoms with Gasteiger partial charge in [-0.2, -0.15) is 0 Å². The van der Waals surface area contributed by atoms with E-state index in [9.17, 15) is 9.90 Å². The second kappa shape index (κ2) is 3.17. The zero-order valence-electron chi connectivity index (χ0n) is 7.58. The lowest BCUT2D eigenvalue weighted by Gasteiger charge is -2.22. The molecule has 0 aliphatic carbocycles. The molecule has 2 rings (SSSR count). The van der Waals surface area contributed by atoms with Crippen LogP contribution >= 0.6 is 11.6 Å². The van der Waals surface area contributed by atoms with Crippen LogP contribution in [0.3, 0.4) is 0 Å². The first-order chi connectivity index (χ1) is 6.59. The van der Waals surface area contributed by atoms with Crippen LogP contribution in [0.25, 0.3) is 0 Å². The lowest BCUT2D eigenvalue weighted by Crippen LogP contribution is -2.25. The second-order valence-corrected chi connectivity index (χ2v) is 3.75. The summed E-state index contributed by atoms with van der Waals surface area (Å²) in [5, 5.41) is 9.98. The molecule has 0 unspecified atom stereocenters. The molecule has 0 aromatic heterocycles. The number of rotatable bonds is 0. The summed E-state index contributed by atoms with van der Waals surface area (Å²) < 4.78 is 4.99. The van der Waals surface area contributed by atoms with E-state index in [1.165, 1.54) is 6.07 Å². The van der Waals surface area contributed by atoms with Crippen LogP contribution in [-0.4, -0.2) is 17.2 Å². The fourth-order valence-corrected chi connectivity index (χ4v) is 1.84. The second-order valence-electron chi connectivity index (χ2n) is 3.34. The monoisotopic (exact) mass is 212 g/mol. The van der Waals surface area contributed by atoms with Crippen LogP contribution in [0.1, 0.15) is 22.8 Å². The normalized spacial score (nSPS) is 20.1. The van der Waals surface area contributed by atoms with Crippen molar-refractivity contribution in [3.05, 3.63) is 28.3 Å². The first kappa shape index (κ1) is 9.34. The number of phenols is 1. The maximum absolute atomic E-state index is 11.4. The number of benzene rings is 1. The Morgan fingerprint density at radius 2 is 2.29 bits per heavy atom. The van der Waals surface area contributed by atoms with Crippen molar-refractivity contribution in [1.82, 2.24) is 0 Å². The lowest BCUT2D eigenvalue weighted by atomic mass is 9.98. The molecular formula is C10H9ClO3. The number of esters is 1. The summed E-state index contributed by atoms with van der Waals surface area (Å²) in [5.74, 6) is -0.569. The summed E-state index contributed by atoms with van der Waals surface area (Å²) in [5.41, 5.74) is 0.881. The van der Waals surface area contributed by atoms with Gasteiger partial charge in [-0.05, 0) is 24.6 Å². The molecule has 0 fully saturated rings. The van der Waals surface area contributed by atoms with E-state index in [2.05, 4.69) is 0 Å². The molecule has 74 valence electrons. The number of phenolic OH excluding ortho intramolecular Hbond substituents is 1. The van der Waals surface area contributed by atoms with E-state index in [4.69, 9.17) is 16.3 Å². The van der Waals surface area contributed by atoms with E-state index >= 15 is 0 Å². The summed E-state index contributed by atoms with van der Waals surface area (Å²) in [4.78, 5) is 11.4. The van der Waals surface area contributed by atoms with E-state index in [1.54, 1.807) is 13.0 Å². The van der Waals surface area contributed by atoms with Gasteiger partial charge in [-0.25, -0.2) is 4.79 Å². The summed E-state index contributed by atoms with van der Waals surface area (Å²) in [6.45, 7) is 1.79. The van der Waals surface area contributed by atoms with Gasteiger partial charge in [0.05, 0.1) is 0 Å². The number of halogens is 1. The molecule has 0 spiro atoms. The van der Waals surface area contributed by atoms with E-state index in [0.29, 0.717) is 17.0 Å². The van der Waals surface area contributed by atoms with Crippen molar-refractivity contribution >= 4 is 17.6 Å². The molecule has 1 N–H and O–H groups in total. The molecule has 0 bridgehead atoms. The highest BCUT2D eigenvalue weighted by molar-refractivity contribution is 6.32. The zero-order chi connectivity index (χ0) is 10.3. The van der Waals surface area contributed by atoms with E-state index in [1.807, 2.05) is 0 Å². The third-order valence-electron chi connectivity index (χ3n) is 2.24. The topological polar surface area (TPSA) is 46.5 Å². The van der Waals surface area contributed by atoms with Crippen molar-refractivity contribution in [3.8, 4) is 5.75 Å². The average Bonchev–Trinajstić information content (AvgIpc) is 2.10.